The summed E-state index contributed by atoms with van der Waals surface area (Å²) in [6.45, 7) is 1.64. The third kappa shape index (κ3) is 2.57. The Morgan fingerprint density at radius 1 is 1.44 bits per heavy atom. The molecule has 2 rings (SSSR count). The Kier molecular flexibility index (Phi) is 3.18. The van der Waals surface area contributed by atoms with Crippen LogP contribution in [0.4, 0.5) is 0 Å². The molecule has 0 bridgehead atoms. The number of hydrogen-bond acceptors (Lipinski definition) is 5. The lowest BCUT2D eigenvalue weighted by molar-refractivity contribution is 0.199. The summed E-state index contributed by atoms with van der Waals surface area (Å²) in [6, 6.07) is 3.35. The van der Waals surface area contributed by atoms with Crippen molar-refractivity contribution in [2.24, 2.45) is 0 Å². The second kappa shape index (κ2) is 4.51. The van der Waals surface area contributed by atoms with Crippen molar-refractivity contribution >= 4 is 9.84 Å². The lowest BCUT2D eigenvalue weighted by Gasteiger charge is -2.06. The highest BCUT2D eigenvalue weighted by molar-refractivity contribution is 7.90. The lowest BCUT2D eigenvalue weighted by Crippen LogP contribution is -2.01. The quantitative estimate of drug-likeness (QED) is 0.885. The Hall–Kier alpha value is -1.73. The summed E-state index contributed by atoms with van der Waals surface area (Å²) in [6.07, 6.45) is 4.71. The van der Waals surface area contributed by atoms with Gasteiger partial charge in [-0.1, -0.05) is 0 Å². The molecule has 96 valence electrons. The number of hydrogen-bond donors (Lipinski definition) is 1. The molecule has 2 heterocycles. The minimum atomic E-state index is -3.28. The molecule has 0 aliphatic rings. The van der Waals surface area contributed by atoms with Crippen LogP contribution >= 0.6 is 0 Å². The number of nitrogens with zero attached hydrogens (tertiary/aromatic N) is 3. The van der Waals surface area contributed by atoms with E-state index in [-0.39, 0.29) is 4.90 Å². The Bertz CT molecular complexity index is 662. The largest absolute Gasteiger partial charge is 0.389 e. The Morgan fingerprint density at radius 3 is 2.72 bits per heavy atom. The molecule has 0 fully saturated rings. The maximum Gasteiger partial charge on any atom is 0.178 e. The summed E-state index contributed by atoms with van der Waals surface area (Å²) in [5.41, 5.74) is 0.691. The van der Waals surface area contributed by atoms with Crippen molar-refractivity contribution in [2.75, 3.05) is 6.26 Å². The molecule has 2 aromatic heterocycles. The van der Waals surface area contributed by atoms with Gasteiger partial charge in [-0.15, -0.1) is 0 Å². The minimum Gasteiger partial charge on any atom is -0.389 e. The van der Waals surface area contributed by atoms with Crippen LogP contribution in [-0.2, 0) is 9.84 Å². The Balaban J connectivity index is 2.43. The van der Waals surface area contributed by atoms with E-state index < -0.39 is 15.9 Å². The van der Waals surface area contributed by atoms with Crippen LogP contribution in [0.15, 0.2) is 35.6 Å². The lowest BCUT2D eigenvalue weighted by atomic mass is 10.2. The van der Waals surface area contributed by atoms with E-state index in [1.807, 2.05) is 0 Å². The van der Waals surface area contributed by atoms with E-state index in [9.17, 15) is 13.5 Å². The molecule has 2 aromatic rings. The van der Waals surface area contributed by atoms with E-state index in [1.165, 1.54) is 17.1 Å². The van der Waals surface area contributed by atoms with Gasteiger partial charge in [-0.05, 0) is 24.6 Å². The van der Waals surface area contributed by atoms with Crippen molar-refractivity contribution in [3.63, 3.8) is 0 Å². The van der Waals surface area contributed by atoms with Gasteiger partial charge in [0.15, 0.2) is 15.7 Å². The van der Waals surface area contributed by atoms with Gasteiger partial charge in [0.2, 0.25) is 0 Å². The van der Waals surface area contributed by atoms with Crippen molar-refractivity contribution < 1.29 is 13.5 Å². The van der Waals surface area contributed by atoms with E-state index in [0.717, 1.165) is 6.26 Å². The highest BCUT2D eigenvalue weighted by Crippen LogP contribution is 2.15. The van der Waals surface area contributed by atoms with Crippen molar-refractivity contribution in [3.8, 4) is 5.82 Å². The van der Waals surface area contributed by atoms with Gasteiger partial charge >= 0.3 is 0 Å². The van der Waals surface area contributed by atoms with E-state index in [2.05, 4.69) is 10.1 Å². The van der Waals surface area contributed by atoms with Gasteiger partial charge in [-0.2, -0.15) is 5.10 Å². The van der Waals surface area contributed by atoms with Crippen LogP contribution in [0.25, 0.3) is 5.82 Å². The van der Waals surface area contributed by atoms with Gasteiger partial charge in [0.1, 0.15) is 4.90 Å². The van der Waals surface area contributed by atoms with Crippen LogP contribution in [0.5, 0.6) is 0 Å². The number of rotatable bonds is 3. The third-order valence-corrected chi connectivity index (χ3v) is 3.54. The second-order valence-electron chi connectivity index (χ2n) is 4.02. The molecule has 0 aliphatic carbocycles. The molecule has 0 aliphatic heterocycles. The van der Waals surface area contributed by atoms with Crippen LogP contribution in [0.3, 0.4) is 0 Å². The summed E-state index contributed by atoms with van der Waals surface area (Å²) >= 11 is 0. The average molecular weight is 267 g/mol. The molecule has 0 amide bonds. The molecule has 0 aromatic carbocycles. The fourth-order valence-electron chi connectivity index (χ4n) is 1.44. The number of pyridine rings is 1. The molecule has 0 radical (unpaired) electrons. The first kappa shape index (κ1) is 12.7. The number of aliphatic hydroxyl groups is 1. The number of aliphatic hydroxyl groups excluding tert-OH is 1. The maximum absolute atomic E-state index is 11.3. The molecule has 0 saturated carbocycles. The SMILES string of the molecule is C[C@H](O)c1ccnc(-n2cc(S(C)(=O)=O)cn2)c1. The van der Waals surface area contributed by atoms with Crippen LogP contribution < -0.4 is 0 Å². The molecule has 18 heavy (non-hydrogen) atoms. The Labute approximate surface area is 105 Å². The first-order valence-corrected chi connectivity index (χ1v) is 7.16. The zero-order chi connectivity index (χ0) is 13.3. The van der Waals surface area contributed by atoms with Gasteiger partial charge in [0.05, 0.1) is 18.5 Å². The number of sulfone groups is 1. The number of aromatic nitrogens is 3. The zero-order valence-corrected chi connectivity index (χ0v) is 10.8. The standard InChI is InChI=1S/C11H13N3O3S/c1-8(15)9-3-4-12-11(5-9)14-7-10(6-13-14)18(2,16)17/h3-8,15H,1-2H3/t8-/m0/s1. The predicted molar refractivity (Wildman–Crippen MR) is 65.1 cm³/mol. The topological polar surface area (TPSA) is 85.1 Å². The molecule has 7 heteroatoms. The van der Waals surface area contributed by atoms with E-state index in [1.54, 1.807) is 25.3 Å². The molecule has 0 spiro atoms. The summed E-state index contributed by atoms with van der Waals surface area (Å²) in [7, 11) is -3.28. The fourth-order valence-corrected chi connectivity index (χ4v) is 1.97. The maximum atomic E-state index is 11.3. The van der Waals surface area contributed by atoms with Gasteiger partial charge in [0.25, 0.3) is 0 Å². The highest BCUT2D eigenvalue weighted by Gasteiger charge is 2.11. The average Bonchev–Trinajstić information content (AvgIpc) is 2.78. The summed E-state index contributed by atoms with van der Waals surface area (Å²) in [4.78, 5) is 4.21. The van der Waals surface area contributed by atoms with Crippen molar-refractivity contribution in [1.29, 1.82) is 0 Å². The molecule has 0 saturated heterocycles. The van der Waals surface area contributed by atoms with Crippen molar-refractivity contribution in [3.05, 3.63) is 36.3 Å². The van der Waals surface area contributed by atoms with Crippen LogP contribution in [0.2, 0.25) is 0 Å². The second-order valence-corrected chi connectivity index (χ2v) is 6.03. The van der Waals surface area contributed by atoms with Gasteiger partial charge < -0.3 is 5.11 Å². The molecule has 6 nitrogen and oxygen atoms in total. The molecule has 0 unspecified atom stereocenters. The summed E-state index contributed by atoms with van der Waals surface area (Å²) in [5.74, 6) is 0.461. The fraction of sp³-hybridized carbons (Fsp3) is 0.273. The van der Waals surface area contributed by atoms with Gasteiger partial charge in [-0.3, -0.25) is 0 Å². The van der Waals surface area contributed by atoms with E-state index >= 15 is 0 Å². The molecular formula is C11H13N3O3S. The first-order valence-electron chi connectivity index (χ1n) is 5.27. The van der Waals surface area contributed by atoms with E-state index in [4.69, 9.17) is 0 Å². The van der Waals surface area contributed by atoms with Gasteiger partial charge in [-0.25, -0.2) is 18.1 Å². The third-order valence-electron chi connectivity index (χ3n) is 2.47. The predicted octanol–water partition coefficient (Wildman–Crippen LogP) is 0.724. The summed E-state index contributed by atoms with van der Waals surface area (Å²) in [5, 5.41) is 13.4. The highest BCUT2D eigenvalue weighted by atomic mass is 32.2. The van der Waals surface area contributed by atoms with Crippen LogP contribution in [0.1, 0.15) is 18.6 Å². The van der Waals surface area contributed by atoms with Crippen LogP contribution in [0, 0.1) is 0 Å². The monoisotopic (exact) mass is 267 g/mol. The molecule has 1 N–H and O–H groups in total. The Morgan fingerprint density at radius 2 is 2.17 bits per heavy atom. The first-order chi connectivity index (χ1) is 8.38. The van der Waals surface area contributed by atoms with Gasteiger partial charge in [0, 0.05) is 12.5 Å². The summed E-state index contributed by atoms with van der Waals surface area (Å²) < 4.78 is 24.0. The zero-order valence-electron chi connectivity index (χ0n) is 9.98. The van der Waals surface area contributed by atoms with Crippen LogP contribution in [-0.4, -0.2) is 34.5 Å². The minimum absolute atomic E-state index is 0.131. The van der Waals surface area contributed by atoms with Crippen molar-refractivity contribution in [2.45, 2.75) is 17.9 Å². The normalized spacial score (nSPS) is 13.5. The smallest absolute Gasteiger partial charge is 0.178 e. The molecule has 1 atom stereocenters. The van der Waals surface area contributed by atoms with E-state index in [0.29, 0.717) is 11.4 Å². The van der Waals surface area contributed by atoms with Crippen molar-refractivity contribution in [1.82, 2.24) is 14.8 Å². The molecular weight excluding hydrogens is 254 g/mol.